The Morgan fingerprint density at radius 1 is 1.19 bits per heavy atom. The molecular formula is C15H23ClN2O2S. The zero-order valence-electron chi connectivity index (χ0n) is 12.7. The number of carbonyl (C=O) groups is 1. The molecule has 1 atom stereocenters. The van der Waals surface area contributed by atoms with E-state index in [1.54, 1.807) is 0 Å². The van der Waals surface area contributed by atoms with Crippen LogP contribution in [0.15, 0.2) is 24.3 Å². The second-order valence-electron chi connectivity index (χ2n) is 5.69. The van der Waals surface area contributed by atoms with E-state index in [4.69, 9.17) is 11.6 Å². The van der Waals surface area contributed by atoms with Gasteiger partial charge in [0, 0.05) is 39.4 Å². The number of benzene rings is 1. The molecule has 0 aliphatic heterocycles. The first-order chi connectivity index (χ1) is 9.80. The number of rotatable bonds is 6. The van der Waals surface area contributed by atoms with Crippen LogP contribution >= 0.6 is 11.6 Å². The van der Waals surface area contributed by atoms with Crippen molar-refractivity contribution in [2.45, 2.75) is 31.9 Å². The number of nitrogens with one attached hydrogen (secondary N) is 2. The second-order valence-corrected chi connectivity index (χ2v) is 8.42. The van der Waals surface area contributed by atoms with Crippen molar-refractivity contribution in [3.8, 4) is 0 Å². The average molecular weight is 331 g/mol. The maximum Gasteiger partial charge on any atom is 0.314 e. The molecule has 2 N–H and O–H groups in total. The van der Waals surface area contributed by atoms with Crippen LogP contribution in [0, 0.1) is 0 Å². The van der Waals surface area contributed by atoms with Gasteiger partial charge in [0.25, 0.3) is 0 Å². The molecule has 4 nitrogen and oxygen atoms in total. The van der Waals surface area contributed by atoms with Gasteiger partial charge >= 0.3 is 6.03 Å². The Morgan fingerprint density at radius 3 is 2.43 bits per heavy atom. The standard InChI is InChI=1S/C15H23ClN2O2S/c1-15(2,3)21(20)11-10-18-14(19)17-9-8-12-6-4-5-7-13(12)16/h4-7H,8-11H2,1-3H3,(H2,17,18,19). The van der Waals surface area contributed by atoms with Gasteiger partial charge in [-0.3, -0.25) is 4.21 Å². The monoisotopic (exact) mass is 330 g/mol. The molecule has 21 heavy (non-hydrogen) atoms. The SMILES string of the molecule is CC(C)(C)S(=O)CCNC(=O)NCCc1ccccc1Cl. The van der Waals surface area contributed by atoms with Crippen molar-refractivity contribution in [2.75, 3.05) is 18.8 Å². The number of amides is 2. The first-order valence-corrected chi connectivity index (χ1v) is 8.64. The van der Waals surface area contributed by atoms with E-state index in [1.165, 1.54) is 0 Å². The van der Waals surface area contributed by atoms with Gasteiger partial charge in [-0.15, -0.1) is 0 Å². The fraction of sp³-hybridized carbons (Fsp3) is 0.533. The molecule has 0 fully saturated rings. The van der Waals surface area contributed by atoms with Gasteiger partial charge in [0.05, 0.1) is 0 Å². The summed E-state index contributed by atoms with van der Waals surface area (Å²) in [4.78, 5) is 11.6. The summed E-state index contributed by atoms with van der Waals surface area (Å²) < 4.78 is 11.6. The van der Waals surface area contributed by atoms with Crippen molar-refractivity contribution < 1.29 is 9.00 Å². The lowest BCUT2D eigenvalue weighted by Crippen LogP contribution is -2.39. The molecule has 0 aliphatic rings. The van der Waals surface area contributed by atoms with Gasteiger partial charge < -0.3 is 10.6 Å². The molecule has 1 aromatic rings. The predicted molar refractivity (Wildman–Crippen MR) is 89.3 cm³/mol. The normalized spacial score (nSPS) is 12.8. The lowest BCUT2D eigenvalue weighted by atomic mass is 10.1. The van der Waals surface area contributed by atoms with Gasteiger partial charge in [0.1, 0.15) is 0 Å². The minimum absolute atomic E-state index is 0.243. The molecule has 118 valence electrons. The molecule has 0 bridgehead atoms. The van der Waals surface area contributed by atoms with Crippen molar-refractivity contribution in [2.24, 2.45) is 0 Å². The first-order valence-electron chi connectivity index (χ1n) is 6.94. The molecule has 0 saturated heterocycles. The molecule has 0 saturated carbocycles. The van der Waals surface area contributed by atoms with Gasteiger partial charge in [-0.05, 0) is 38.8 Å². The topological polar surface area (TPSA) is 58.2 Å². The zero-order chi connectivity index (χ0) is 15.9. The van der Waals surface area contributed by atoms with Crippen molar-refractivity contribution in [1.82, 2.24) is 10.6 Å². The van der Waals surface area contributed by atoms with E-state index in [-0.39, 0.29) is 10.8 Å². The van der Waals surface area contributed by atoms with Crippen molar-refractivity contribution in [3.63, 3.8) is 0 Å². The van der Waals surface area contributed by atoms with E-state index in [0.717, 1.165) is 5.56 Å². The van der Waals surface area contributed by atoms with Crippen molar-refractivity contribution >= 4 is 28.4 Å². The predicted octanol–water partition coefficient (Wildman–Crippen LogP) is 2.73. The number of halogens is 1. The third-order valence-corrected chi connectivity index (χ3v) is 5.20. The molecule has 0 heterocycles. The van der Waals surface area contributed by atoms with Crippen LogP contribution in [0.2, 0.25) is 5.02 Å². The van der Waals surface area contributed by atoms with Crippen LogP contribution in [-0.2, 0) is 17.2 Å². The van der Waals surface area contributed by atoms with E-state index in [2.05, 4.69) is 10.6 Å². The van der Waals surface area contributed by atoms with E-state index in [0.29, 0.717) is 30.3 Å². The van der Waals surface area contributed by atoms with Crippen LogP contribution in [0.4, 0.5) is 4.79 Å². The van der Waals surface area contributed by atoms with Crippen LogP contribution in [0.3, 0.4) is 0 Å². The maximum atomic E-state index is 11.8. The highest BCUT2D eigenvalue weighted by Gasteiger charge is 2.18. The smallest absolute Gasteiger partial charge is 0.314 e. The van der Waals surface area contributed by atoms with Crippen LogP contribution < -0.4 is 10.6 Å². The summed E-state index contributed by atoms with van der Waals surface area (Å²) in [6.45, 7) is 6.69. The molecule has 0 radical (unpaired) electrons. The molecule has 1 unspecified atom stereocenters. The zero-order valence-corrected chi connectivity index (χ0v) is 14.3. The quantitative estimate of drug-likeness (QED) is 0.842. The number of hydrogen-bond acceptors (Lipinski definition) is 2. The fourth-order valence-corrected chi connectivity index (χ4v) is 2.77. The molecule has 0 aliphatic carbocycles. The highest BCUT2D eigenvalue weighted by molar-refractivity contribution is 7.86. The molecule has 0 aromatic heterocycles. The largest absolute Gasteiger partial charge is 0.338 e. The van der Waals surface area contributed by atoms with E-state index < -0.39 is 10.8 Å². The number of urea groups is 1. The summed E-state index contributed by atoms with van der Waals surface area (Å²) >= 11 is 6.04. The lowest BCUT2D eigenvalue weighted by molar-refractivity contribution is 0.241. The summed E-state index contributed by atoms with van der Waals surface area (Å²) in [6, 6.07) is 7.32. The van der Waals surface area contributed by atoms with Crippen molar-refractivity contribution in [3.05, 3.63) is 34.9 Å². The third-order valence-electron chi connectivity index (χ3n) is 2.89. The second kappa shape index (κ2) is 8.39. The molecule has 1 aromatic carbocycles. The van der Waals surface area contributed by atoms with Gasteiger partial charge in [-0.2, -0.15) is 0 Å². The van der Waals surface area contributed by atoms with E-state index in [9.17, 15) is 9.00 Å². The minimum atomic E-state index is -0.952. The highest BCUT2D eigenvalue weighted by atomic mass is 35.5. The third kappa shape index (κ3) is 6.96. The Kier molecular flexibility index (Phi) is 7.18. The van der Waals surface area contributed by atoms with Crippen LogP contribution in [0.1, 0.15) is 26.3 Å². The summed E-state index contributed by atoms with van der Waals surface area (Å²) in [7, 11) is -0.952. The number of carbonyl (C=O) groups excluding carboxylic acids is 1. The minimum Gasteiger partial charge on any atom is -0.338 e. The number of hydrogen-bond donors (Lipinski definition) is 2. The van der Waals surface area contributed by atoms with Crippen LogP contribution in [-0.4, -0.2) is 33.8 Å². The molecule has 6 heteroatoms. The van der Waals surface area contributed by atoms with Gasteiger partial charge in [0.2, 0.25) is 0 Å². The van der Waals surface area contributed by atoms with Gasteiger partial charge in [-0.25, -0.2) is 4.79 Å². The molecule has 0 spiro atoms. The Balaban J connectivity index is 2.20. The maximum absolute atomic E-state index is 11.8. The average Bonchev–Trinajstić information content (AvgIpc) is 2.39. The van der Waals surface area contributed by atoms with Gasteiger partial charge in [0.15, 0.2) is 0 Å². The molecule has 1 rings (SSSR count). The Labute approximate surface area is 134 Å². The first kappa shape index (κ1) is 18.0. The highest BCUT2D eigenvalue weighted by Crippen LogP contribution is 2.14. The van der Waals surface area contributed by atoms with E-state index >= 15 is 0 Å². The Morgan fingerprint density at radius 2 is 1.81 bits per heavy atom. The summed E-state index contributed by atoms with van der Waals surface area (Å²) in [5, 5.41) is 6.18. The summed E-state index contributed by atoms with van der Waals surface area (Å²) in [5.74, 6) is 0.460. The molecular weight excluding hydrogens is 308 g/mol. The van der Waals surface area contributed by atoms with E-state index in [1.807, 2.05) is 45.0 Å². The fourth-order valence-electron chi connectivity index (χ4n) is 1.64. The summed E-state index contributed by atoms with van der Waals surface area (Å²) in [5.41, 5.74) is 1.01. The Bertz CT molecular complexity index is 501. The molecule has 2 amide bonds. The van der Waals surface area contributed by atoms with Crippen molar-refractivity contribution in [1.29, 1.82) is 0 Å². The Hall–Kier alpha value is -1.07. The van der Waals surface area contributed by atoms with Crippen LogP contribution in [0.5, 0.6) is 0 Å². The summed E-state index contributed by atoms with van der Waals surface area (Å²) in [6.07, 6.45) is 0.682. The van der Waals surface area contributed by atoms with Gasteiger partial charge in [-0.1, -0.05) is 29.8 Å². The van der Waals surface area contributed by atoms with Crippen LogP contribution in [0.25, 0.3) is 0 Å². The lowest BCUT2D eigenvalue weighted by Gasteiger charge is -2.17.